The molecule has 3 nitrogen and oxygen atoms in total. The lowest BCUT2D eigenvalue weighted by atomic mass is 9.53. The van der Waals surface area contributed by atoms with Gasteiger partial charge in [-0.25, -0.2) is 0 Å². The van der Waals surface area contributed by atoms with E-state index in [0.29, 0.717) is 0 Å². The molecule has 11 rings (SSSR count). The minimum absolute atomic E-state index is 0.111. The van der Waals surface area contributed by atoms with Crippen LogP contribution in [0.25, 0.3) is 60.9 Å². The largest absolute Gasteiger partial charge is 0.421 e. The number of fused-ring (bicyclic) bond motifs is 7. The van der Waals surface area contributed by atoms with Gasteiger partial charge in [-0.1, -0.05) is 127 Å². The number of para-hydroxylation sites is 5. The Morgan fingerprint density at radius 3 is 1.44 bits per heavy atom. The van der Waals surface area contributed by atoms with Crippen molar-refractivity contribution in [3.63, 3.8) is 0 Å². The van der Waals surface area contributed by atoms with Crippen molar-refractivity contribution in [1.82, 2.24) is 4.57 Å². The zero-order valence-electron chi connectivity index (χ0n) is 28.4. The van der Waals surface area contributed by atoms with Gasteiger partial charge in [-0.15, -0.1) is 0 Å². The van der Waals surface area contributed by atoms with E-state index in [1.165, 1.54) is 72.0 Å². The van der Waals surface area contributed by atoms with Gasteiger partial charge < -0.3 is 14.2 Å². The maximum absolute atomic E-state index is 2.54. The number of aromatic nitrogens is 1. The molecule has 0 bridgehead atoms. The number of hydrogen-bond donors (Lipinski definition) is 0. The minimum Gasteiger partial charge on any atom is -0.361 e. The average Bonchev–Trinajstić information content (AvgIpc) is 3.55. The summed E-state index contributed by atoms with van der Waals surface area (Å²) in [4.78, 5) is 5.07. The molecule has 2 aliphatic heterocycles. The van der Waals surface area contributed by atoms with E-state index in [2.05, 4.69) is 208 Å². The third kappa shape index (κ3) is 4.21. The summed E-state index contributed by atoms with van der Waals surface area (Å²) < 4.78 is 2.48. The Bertz CT molecular complexity index is 2700. The van der Waals surface area contributed by atoms with Gasteiger partial charge in [-0.05, 0) is 94.4 Å². The molecule has 9 aromatic rings. The van der Waals surface area contributed by atoms with Crippen molar-refractivity contribution in [2.24, 2.45) is 0 Å². The maximum atomic E-state index is 2.54. The Morgan fingerprint density at radius 2 is 0.827 bits per heavy atom. The van der Waals surface area contributed by atoms with E-state index in [9.17, 15) is 0 Å². The summed E-state index contributed by atoms with van der Waals surface area (Å²) in [6.45, 7) is -0.111. The molecule has 242 valence electrons. The standard InChI is InChI=1S/C48H32BN3/c1-4-16-33(17-5-1)34-28-29-45-41(30-34)38-22-10-13-25-44(38)50(45)37-31-42-39-23-11-14-26-46(39)51(35-18-6-2-7-19-35)49-48(42)43(32-37)40-24-12-15-27-47(40)52(49)36-20-8-3-9-21-36/h1-32H. The summed E-state index contributed by atoms with van der Waals surface area (Å²) in [5.74, 6) is 0. The van der Waals surface area contributed by atoms with E-state index in [0.717, 1.165) is 17.1 Å². The Morgan fingerprint density at radius 1 is 0.327 bits per heavy atom. The third-order valence-corrected chi connectivity index (χ3v) is 10.9. The zero-order chi connectivity index (χ0) is 34.2. The van der Waals surface area contributed by atoms with Gasteiger partial charge in [0.15, 0.2) is 0 Å². The highest BCUT2D eigenvalue weighted by Gasteiger charge is 2.47. The van der Waals surface area contributed by atoms with E-state index < -0.39 is 0 Å². The summed E-state index contributed by atoms with van der Waals surface area (Å²) in [6.07, 6.45) is 0. The highest BCUT2D eigenvalue weighted by atomic mass is 15.2. The Hall–Kier alpha value is -6.78. The van der Waals surface area contributed by atoms with Crippen LogP contribution in [-0.4, -0.2) is 11.5 Å². The van der Waals surface area contributed by atoms with Gasteiger partial charge in [-0.3, -0.25) is 0 Å². The third-order valence-electron chi connectivity index (χ3n) is 10.9. The average molecular weight is 662 g/mol. The first kappa shape index (κ1) is 29.0. The fraction of sp³-hybridized carbons (Fsp3) is 0. The second kappa shape index (κ2) is 11.4. The van der Waals surface area contributed by atoms with Crippen LogP contribution in [0.5, 0.6) is 0 Å². The van der Waals surface area contributed by atoms with Crippen LogP contribution in [-0.2, 0) is 0 Å². The predicted molar refractivity (Wildman–Crippen MR) is 220 cm³/mol. The summed E-state index contributed by atoms with van der Waals surface area (Å²) >= 11 is 0. The van der Waals surface area contributed by atoms with E-state index in [4.69, 9.17) is 0 Å². The van der Waals surface area contributed by atoms with Gasteiger partial charge in [0.25, 0.3) is 0 Å². The van der Waals surface area contributed by atoms with Crippen LogP contribution in [0.15, 0.2) is 194 Å². The summed E-state index contributed by atoms with van der Waals surface area (Å²) in [5.41, 5.74) is 17.1. The number of anilines is 4. The molecule has 0 N–H and O–H groups in total. The fourth-order valence-electron chi connectivity index (χ4n) is 8.75. The van der Waals surface area contributed by atoms with Crippen molar-refractivity contribution in [1.29, 1.82) is 0 Å². The van der Waals surface area contributed by atoms with E-state index in [1.54, 1.807) is 0 Å². The van der Waals surface area contributed by atoms with Crippen LogP contribution in [0.3, 0.4) is 0 Å². The first-order valence-electron chi connectivity index (χ1n) is 18.0. The van der Waals surface area contributed by atoms with E-state index in [-0.39, 0.29) is 6.98 Å². The molecule has 0 saturated heterocycles. The lowest BCUT2D eigenvalue weighted by Crippen LogP contribution is -2.61. The Kier molecular flexibility index (Phi) is 6.35. The monoisotopic (exact) mass is 661 g/mol. The van der Waals surface area contributed by atoms with Gasteiger partial charge in [0.2, 0.25) is 0 Å². The molecular weight excluding hydrogens is 629 g/mol. The molecule has 0 spiro atoms. The molecule has 0 unspecified atom stereocenters. The lowest BCUT2D eigenvalue weighted by Gasteiger charge is -2.47. The van der Waals surface area contributed by atoms with Crippen LogP contribution in [0.1, 0.15) is 0 Å². The van der Waals surface area contributed by atoms with Crippen LogP contribution in [0.2, 0.25) is 0 Å². The van der Waals surface area contributed by atoms with Crippen LogP contribution in [0, 0.1) is 0 Å². The molecule has 52 heavy (non-hydrogen) atoms. The van der Waals surface area contributed by atoms with Crippen LogP contribution in [0.4, 0.5) is 22.7 Å². The quantitative estimate of drug-likeness (QED) is 0.174. The zero-order valence-corrected chi connectivity index (χ0v) is 28.4. The molecule has 0 saturated carbocycles. The molecule has 1 aromatic heterocycles. The smallest absolute Gasteiger partial charge is 0.361 e. The van der Waals surface area contributed by atoms with Crippen molar-refractivity contribution >= 4 is 57.0 Å². The molecular formula is C48H32BN3. The highest BCUT2D eigenvalue weighted by Crippen LogP contribution is 2.50. The first-order valence-corrected chi connectivity index (χ1v) is 18.0. The topological polar surface area (TPSA) is 11.4 Å². The Balaban J connectivity index is 1.24. The molecule has 3 heterocycles. The van der Waals surface area contributed by atoms with Crippen molar-refractivity contribution in [3.8, 4) is 39.1 Å². The van der Waals surface area contributed by atoms with Gasteiger partial charge in [0.05, 0.1) is 11.0 Å². The van der Waals surface area contributed by atoms with Crippen molar-refractivity contribution < 1.29 is 0 Å². The second-order valence-corrected chi connectivity index (χ2v) is 13.7. The van der Waals surface area contributed by atoms with Crippen molar-refractivity contribution in [3.05, 3.63) is 194 Å². The molecule has 2 aliphatic rings. The normalized spacial score (nSPS) is 12.9. The number of hydrogen-bond acceptors (Lipinski definition) is 2. The number of benzene rings is 8. The molecule has 0 atom stereocenters. The van der Waals surface area contributed by atoms with Crippen molar-refractivity contribution in [2.45, 2.75) is 0 Å². The number of nitrogens with zero attached hydrogens (tertiary/aromatic N) is 3. The number of rotatable bonds is 4. The van der Waals surface area contributed by atoms with Gasteiger partial charge in [0, 0.05) is 50.3 Å². The van der Waals surface area contributed by atoms with E-state index in [1.807, 2.05) is 0 Å². The molecule has 0 aliphatic carbocycles. The van der Waals surface area contributed by atoms with Gasteiger partial charge in [-0.2, -0.15) is 0 Å². The summed E-state index contributed by atoms with van der Waals surface area (Å²) in [5, 5.41) is 2.51. The highest BCUT2D eigenvalue weighted by molar-refractivity contribution is 6.86. The van der Waals surface area contributed by atoms with Crippen LogP contribution < -0.4 is 15.1 Å². The summed E-state index contributed by atoms with van der Waals surface area (Å²) in [6, 6.07) is 71.0. The van der Waals surface area contributed by atoms with Gasteiger partial charge >= 0.3 is 6.98 Å². The van der Waals surface area contributed by atoms with Crippen molar-refractivity contribution in [2.75, 3.05) is 9.62 Å². The maximum Gasteiger partial charge on any atom is 0.421 e. The summed E-state index contributed by atoms with van der Waals surface area (Å²) in [7, 11) is 0. The molecule has 0 amide bonds. The first-order chi connectivity index (χ1) is 25.8. The minimum atomic E-state index is -0.111. The predicted octanol–water partition coefficient (Wildman–Crippen LogP) is 11.8. The molecule has 0 radical (unpaired) electrons. The fourth-order valence-corrected chi connectivity index (χ4v) is 8.75. The molecule has 4 heteroatoms. The van der Waals surface area contributed by atoms with Gasteiger partial charge in [0.1, 0.15) is 0 Å². The SMILES string of the molecule is c1ccc(-c2ccc3c(c2)c2ccccc2n3-c2cc3c4c(c2)-c2ccccc2N(c2ccccc2)B4N(c2ccccc2)c2ccccc2-3)cc1. The van der Waals surface area contributed by atoms with Crippen LogP contribution >= 0.6 is 0 Å². The van der Waals surface area contributed by atoms with E-state index >= 15 is 0 Å². The lowest BCUT2D eigenvalue weighted by molar-refractivity contribution is 1.18. The molecule has 0 fully saturated rings. The Labute approximate surface area is 303 Å². The molecule has 8 aromatic carbocycles. The second-order valence-electron chi connectivity index (χ2n) is 13.7.